The molecule has 0 radical (unpaired) electrons. The normalized spacial score (nSPS) is 12.4. The Morgan fingerprint density at radius 2 is 1.55 bits per heavy atom. The summed E-state index contributed by atoms with van der Waals surface area (Å²) >= 11 is 12.8. The predicted octanol–water partition coefficient (Wildman–Crippen LogP) is 6.06. The third kappa shape index (κ3) is 8.36. The van der Waals surface area contributed by atoms with Crippen LogP contribution in [0.5, 0.6) is 5.75 Å². The van der Waals surface area contributed by atoms with Gasteiger partial charge in [0.25, 0.3) is 10.0 Å². The molecule has 0 heterocycles. The standard InChI is InChI=1S/C30H34Cl2FN3O5S/c1-6-41-23-14-16-24(17-15-23)42(39,40)36(22-12-10-21(33)11-13-22)19-28(37)35(20(2)29(38)34-30(3,4)5)18-25-26(31)8-7-9-27(25)32/h7-17,20H,6,18-19H2,1-5H3,(H,34,38)/t20-/m0/s1. The van der Waals surface area contributed by atoms with Gasteiger partial charge >= 0.3 is 0 Å². The fourth-order valence-corrected chi connectivity index (χ4v) is 5.98. The molecule has 0 unspecified atom stereocenters. The third-order valence-electron chi connectivity index (χ3n) is 6.17. The number of amides is 2. The maximum atomic E-state index is 14.0. The van der Waals surface area contributed by atoms with Crippen LogP contribution in [0.3, 0.4) is 0 Å². The fourth-order valence-electron chi connectivity index (χ4n) is 4.05. The van der Waals surface area contributed by atoms with Gasteiger partial charge in [-0.1, -0.05) is 29.3 Å². The highest BCUT2D eigenvalue weighted by Gasteiger charge is 2.34. The van der Waals surface area contributed by atoms with E-state index >= 15 is 0 Å². The molecule has 1 N–H and O–H groups in total. The number of benzene rings is 3. The van der Waals surface area contributed by atoms with Crippen LogP contribution >= 0.6 is 23.2 Å². The Balaban J connectivity index is 2.06. The minimum Gasteiger partial charge on any atom is -0.494 e. The topological polar surface area (TPSA) is 96.0 Å². The molecule has 8 nitrogen and oxygen atoms in total. The first-order chi connectivity index (χ1) is 19.6. The monoisotopic (exact) mass is 637 g/mol. The van der Waals surface area contributed by atoms with E-state index in [9.17, 15) is 22.4 Å². The molecule has 42 heavy (non-hydrogen) atoms. The molecule has 0 saturated carbocycles. The summed E-state index contributed by atoms with van der Waals surface area (Å²) in [5.74, 6) is -1.27. The van der Waals surface area contributed by atoms with E-state index in [-0.39, 0.29) is 27.2 Å². The highest BCUT2D eigenvalue weighted by Crippen LogP contribution is 2.29. The average molecular weight is 639 g/mol. The molecule has 3 aromatic carbocycles. The lowest BCUT2D eigenvalue weighted by Gasteiger charge is -2.33. The summed E-state index contributed by atoms with van der Waals surface area (Å²) in [6.45, 7) is 8.27. The van der Waals surface area contributed by atoms with Crippen molar-refractivity contribution in [3.63, 3.8) is 0 Å². The van der Waals surface area contributed by atoms with Crippen LogP contribution in [0, 0.1) is 5.82 Å². The van der Waals surface area contributed by atoms with E-state index in [4.69, 9.17) is 27.9 Å². The largest absolute Gasteiger partial charge is 0.494 e. The van der Waals surface area contributed by atoms with Crippen molar-refractivity contribution >= 4 is 50.7 Å². The van der Waals surface area contributed by atoms with Gasteiger partial charge in [-0.05, 0) is 95.3 Å². The smallest absolute Gasteiger partial charge is 0.264 e. The lowest BCUT2D eigenvalue weighted by Crippen LogP contribution is -2.54. The Kier molecular flexibility index (Phi) is 10.9. The van der Waals surface area contributed by atoms with E-state index in [1.165, 1.54) is 48.2 Å². The quantitative estimate of drug-likeness (QED) is 0.276. The van der Waals surface area contributed by atoms with Crippen LogP contribution < -0.4 is 14.4 Å². The van der Waals surface area contributed by atoms with Crippen molar-refractivity contribution in [2.45, 2.75) is 57.6 Å². The van der Waals surface area contributed by atoms with Gasteiger partial charge in [0.1, 0.15) is 24.2 Å². The summed E-state index contributed by atoms with van der Waals surface area (Å²) in [6.07, 6.45) is 0. The number of carbonyl (C=O) groups is 2. The van der Waals surface area contributed by atoms with E-state index in [0.717, 1.165) is 16.4 Å². The first kappa shape index (κ1) is 33.2. The zero-order valence-electron chi connectivity index (χ0n) is 24.0. The summed E-state index contributed by atoms with van der Waals surface area (Å²) in [7, 11) is -4.34. The lowest BCUT2D eigenvalue weighted by molar-refractivity contribution is -0.140. The Morgan fingerprint density at radius 3 is 2.07 bits per heavy atom. The number of halogens is 3. The molecule has 3 aromatic rings. The van der Waals surface area contributed by atoms with Gasteiger partial charge in [0.15, 0.2) is 0 Å². The zero-order chi connectivity index (χ0) is 31.2. The number of nitrogens with one attached hydrogen (secondary N) is 1. The molecule has 0 fully saturated rings. The Hall–Kier alpha value is -3.34. The summed E-state index contributed by atoms with van der Waals surface area (Å²) < 4.78 is 47.9. The highest BCUT2D eigenvalue weighted by atomic mass is 35.5. The number of sulfonamides is 1. The third-order valence-corrected chi connectivity index (χ3v) is 8.67. The summed E-state index contributed by atoms with van der Waals surface area (Å²) in [5.41, 5.74) is -0.146. The van der Waals surface area contributed by atoms with Crippen LogP contribution in [0.1, 0.15) is 40.2 Å². The fraction of sp³-hybridized carbons (Fsp3) is 0.333. The van der Waals surface area contributed by atoms with Crippen LogP contribution in [0.2, 0.25) is 10.0 Å². The maximum Gasteiger partial charge on any atom is 0.264 e. The predicted molar refractivity (Wildman–Crippen MR) is 163 cm³/mol. The van der Waals surface area contributed by atoms with Gasteiger partial charge in [0, 0.05) is 27.7 Å². The highest BCUT2D eigenvalue weighted by molar-refractivity contribution is 7.92. The molecule has 226 valence electrons. The van der Waals surface area contributed by atoms with Crippen molar-refractivity contribution in [3.05, 3.63) is 88.2 Å². The molecule has 0 aliphatic carbocycles. The van der Waals surface area contributed by atoms with E-state index < -0.39 is 45.8 Å². The summed E-state index contributed by atoms with van der Waals surface area (Å²) in [5, 5.41) is 3.41. The number of hydrogen-bond donors (Lipinski definition) is 1. The molecular weight excluding hydrogens is 604 g/mol. The van der Waals surface area contributed by atoms with Crippen LogP contribution in [-0.2, 0) is 26.2 Å². The molecule has 0 aliphatic rings. The minimum absolute atomic E-state index is 0.0566. The summed E-state index contributed by atoms with van der Waals surface area (Å²) in [6, 6.07) is 14.3. The minimum atomic E-state index is -4.34. The van der Waals surface area contributed by atoms with E-state index in [0.29, 0.717) is 17.9 Å². The van der Waals surface area contributed by atoms with Gasteiger partial charge in [-0.3, -0.25) is 13.9 Å². The first-order valence-electron chi connectivity index (χ1n) is 13.2. The summed E-state index contributed by atoms with van der Waals surface area (Å²) in [4.78, 5) is 28.3. The lowest BCUT2D eigenvalue weighted by atomic mass is 10.1. The second kappa shape index (κ2) is 13.8. The van der Waals surface area contributed by atoms with Crippen molar-refractivity contribution in [1.82, 2.24) is 10.2 Å². The van der Waals surface area contributed by atoms with Gasteiger partial charge in [-0.2, -0.15) is 0 Å². The van der Waals surface area contributed by atoms with E-state index in [1.54, 1.807) is 45.9 Å². The molecule has 12 heteroatoms. The van der Waals surface area contributed by atoms with E-state index in [1.807, 2.05) is 0 Å². The second-order valence-electron chi connectivity index (χ2n) is 10.5. The maximum absolute atomic E-state index is 14.0. The molecule has 0 saturated heterocycles. The first-order valence-corrected chi connectivity index (χ1v) is 15.4. The second-order valence-corrected chi connectivity index (χ2v) is 13.2. The van der Waals surface area contributed by atoms with Gasteiger partial charge in [0.05, 0.1) is 17.2 Å². The molecule has 0 spiro atoms. The SMILES string of the molecule is CCOc1ccc(S(=O)(=O)N(CC(=O)N(Cc2c(Cl)cccc2Cl)[C@@H](C)C(=O)NC(C)(C)C)c2ccc(F)cc2)cc1. The number of ether oxygens (including phenoxy) is 1. The Labute approximate surface area is 256 Å². The Bertz CT molecular complexity index is 1490. The average Bonchev–Trinajstić information content (AvgIpc) is 2.91. The molecule has 0 aromatic heterocycles. The van der Waals surface area contributed by atoms with Gasteiger partial charge in [-0.15, -0.1) is 0 Å². The van der Waals surface area contributed by atoms with Gasteiger partial charge < -0.3 is 15.0 Å². The van der Waals surface area contributed by atoms with E-state index in [2.05, 4.69) is 5.32 Å². The van der Waals surface area contributed by atoms with Crippen LogP contribution in [-0.4, -0.2) is 49.9 Å². The van der Waals surface area contributed by atoms with Gasteiger partial charge in [0.2, 0.25) is 11.8 Å². The molecular formula is C30H34Cl2FN3O5S. The van der Waals surface area contributed by atoms with Crippen LogP contribution in [0.15, 0.2) is 71.6 Å². The molecule has 2 amide bonds. The molecule has 0 aliphatic heterocycles. The van der Waals surface area contributed by atoms with Crippen LogP contribution in [0.25, 0.3) is 0 Å². The van der Waals surface area contributed by atoms with Crippen molar-refractivity contribution < 1.29 is 27.1 Å². The number of rotatable bonds is 11. The van der Waals surface area contributed by atoms with Crippen molar-refractivity contribution in [1.29, 1.82) is 0 Å². The zero-order valence-corrected chi connectivity index (χ0v) is 26.4. The number of carbonyl (C=O) groups excluding carboxylic acids is 2. The molecule has 0 bridgehead atoms. The Morgan fingerprint density at radius 1 is 0.976 bits per heavy atom. The van der Waals surface area contributed by atoms with Crippen molar-refractivity contribution in [3.8, 4) is 5.75 Å². The van der Waals surface area contributed by atoms with Crippen molar-refractivity contribution in [2.75, 3.05) is 17.5 Å². The number of nitrogens with zero attached hydrogens (tertiary/aromatic N) is 2. The molecule has 3 rings (SSSR count). The number of hydrogen-bond acceptors (Lipinski definition) is 5. The molecule has 1 atom stereocenters. The van der Waals surface area contributed by atoms with Crippen LogP contribution in [0.4, 0.5) is 10.1 Å². The van der Waals surface area contributed by atoms with Gasteiger partial charge in [-0.25, -0.2) is 12.8 Å². The van der Waals surface area contributed by atoms with Crippen molar-refractivity contribution in [2.24, 2.45) is 0 Å². The number of anilines is 1.